The Labute approximate surface area is 204 Å². The van der Waals surface area contributed by atoms with E-state index in [0.717, 1.165) is 61.8 Å². The fourth-order valence-corrected chi connectivity index (χ4v) is 6.07. The topological polar surface area (TPSA) is 58.5 Å². The van der Waals surface area contributed by atoms with Gasteiger partial charge in [-0.3, -0.25) is 14.5 Å². The number of rotatable bonds is 7. The number of hydrogen-bond acceptors (Lipinski definition) is 6. The molecule has 9 heteroatoms. The van der Waals surface area contributed by atoms with Gasteiger partial charge >= 0.3 is 0 Å². The molecular weight excluding hydrogens is 452 g/mol. The molecule has 2 aliphatic rings. The maximum absolute atomic E-state index is 5.86. The predicted molar refractivity (Wildman–Crippen MR) is 135 cm³/mol. The molecule has 174 valence electrons. The smallest absolute Gasteiger partial charge is 0.193 e. The second-order valence-electron chi connectivity index (χ2n) is 8.60. The van der Waals surface area contributed by atoms with Crippen molar-refractivity contribution in [3.05, 3.63) is 64.7 Å². The Morgan fingerprint density at radius 1 is 1.15 bits per heavy atom. The minimum absolute atomic E-state index is 0.00679. The zero-order valence-corrected chi connectivity index (χ0v) is 20.7. The molecule has 0 saturated carbocycles. The molecule has 0 amide bonds. The monoisotopic (exact) mass is 482 g/mol. The Morgan fingerprint density at radius 2 is 2.00 bits per heavy atom. The maximum Gasteiger partial charge on any atom is 0.193 e. The Balaban J connectivity index is 1.45. The van der Waals surface area contributed by atoms with Crippen molar-refractivity contribution in [2.24, 2.45) is 0 Å². The highest BCUT2D eigenvalue weighted by Crippen LogP contribution is 2.41. The lowest BCUT2D eigenvalue weighted by Crippen LogP contribution is -2.39. The Bertz CT molecular complexity index is 1080. The number of thiocarbonyl (C=S) groups is 1. The third-order valence-corrected chi connectivity index (χ3v) is 7.68. The van der Waals surface area contributed by atoms with Crippen LogP contribution in [-0.2, 0) is 4.74 Å². The number of nitrogens with one attached hydrogen (secondary N) is 1. The van der Waals surface area contributed by atoms with E-state index < -0.39 is 0 Å². The molecule has 2 saturated heterocycles. The fourth-order valence-electron chi connectivity index (χ4n) is 4.98. The highest BCUT2D eigenvalue weighted by molar-refractivity contribution is 7.80. The van der Waals surface area contributed by atoms with Crippen LogP contribution < -0.4 is 5.32 Å². The summed E-state index contributed by atoms with van der Waals surface area (Å²) in [5.74, 6) is 0. The molecule has 2 fully saturated rings. The van der Waals surface area contributed by atoms with Crippen LogP contribution in [0.1, 0.15) is 41.1 Å². The van der Waals surface area contributed by atoms with Crippen molar-refractivity contribution in [1.29, 1.82) is 0 Å². The van der Waals surface area contributed by atoms with Crippen molar-refractivity contribution in [2.75, 3.05) is 39.4 Å². The van der Waals surface area contributed by atoms with Crippen molar-refractivity contribution in [2.45, 2.75) is 32.4 Å². The summed E-state index contributed by atoms with van der Waals surface area (Å²) in [5, 5.41) is 7.41. The molecule has 5 rings (SSSR count). The summed E-state index contributed by atoms with van der Waals surface area (Å²) >= 11 is 7.52. The number of aromatic nitrogens is 3. The summed E-state index contributed by atoms with van der Waals surface area (Å²) in [4.78, 5) is 14.1. The van der Waals surface area contributed by atoms with Gasteiger partial charge in [0, 0.05) is 55.3 Å². The minimum Gasteiger partial charge on any atom is -0.379 e. The Hall–Kier alpha value is -2.33. The van der Waals surface area contributed by atoms with E-state index in [1.165, 1.54) is 17.0 Å². The van der Waals surface area contributed by atoms with E-state index in [4.69, 9.17) is 17.0 Å². The summed E-state index contributed by atoms with van der Waals surface area (Å²) < 4.78 is 7.75. The molecule has 0 bridgehead atoms. The van der Waals surface area contributed by atoms with Gasteiger partial charge < -0.3 is 15.0 Å². The summed E-state index contributed by atoms with van der Waals surface area (Å²) in [6.45, 7) is 9.98. The van der Waals surface area contributed by atoms with Crippen LogP contribution in [0.2, 0.25) is 0 Å². The molecule has 5 heterocycles. The van der Waals surface area contributed by atoms with Crippen molar-refractivity contribution >= 4 is 28.7 Å². The maximum atomic E-state index is 5.86. The lowest BCUT2D eigenvalue weighted by atomic mass is 9.96. The number of thiazole rings is 1. The van der Waals surface area contributed by atoms with E-state index in [9.17, 15) is 0 Å². The highest BCUT2D eigenvalue weighted by Gasteiger charge is 2.41. The van der Waals surface area contributed by atoms with Crippen LogP contribution in [0.3, 0.4) is 0 Å². The van der Waals surface area contributed by atoms with Gasteiger partial charge in [-0.2, -0.15) is 0 Å². The van der Waals surface area contributed by atoms with Crippen LogP contribution in [0.25, 0.3) is 5.13 Å². The van der Waals surface area contributed by atoms with E-state index in [0.29, 0.717) is 0 Å². The summed E-state index contributed by atoms with van der Waals surface area (Å²) in [7, 11) is 0. The standard InChI is InChI=1S/C24H30N6OS2/c1-17-16-19(18(2)30(17)24-26-8-15-33-24)22-21(20-6-3-4-7-25-20)27-23(32)29(22)10-5-9-28-11-13-31-14-12-28/h3-4,6-8,15-16,21-22H,5,9-14H2,1-2H3,(H,27,32)/t21-,22+/m1/s1. The molecule has 0 unspecified atom stereocenters. The molecule has 1 N–H and O–H groups in total. The largest absolute Gasteiger partial charge is 0.379 e. The first-order chi connectivity index (χ1) is 16.1. The van der Waals surface area contributed by atoms with Gasteiger partial charge in [0.05, 0.1) is 31.0 Å². The zero-order chi connectivity index (χ0) is 22.8. The first-order valence-corrected chi connectivity index (χ1v) is 12.8. The van der Waals surface area contributed by atoms with Crippen LogP contribution in [0.4, 0.5) is 0 Å². The highest BCUT2D eigenvalue weighted by atomic mass is 32.1. The predicted octanol–water partition coefficient (Wildman–Crippen LogP) is 3.64. The molecule has 0 spiro atoms. The van der Waals surface area contributed by atoms with Gasteiger partial charge in [-0.15, -0.1) is 11.3 Å². The van der Waals surface area contributed by atoms with E-state index in [1.807, 2.05) is 29.9 Å². The van der Waals surface area contributed by atoms with Gasteiger partial charge in [0.25, 0.3) is 0 Å². The molecule has 3 aromatic rings. The first-order valence-electron chi connectivity index (χ1n) is 11.5. The van der Waals surface area contributed by atoms with Crippen LogP contribution in [0.15, 0.2) is 42.0 Å². The molecule has 7 nitrogen and oxygen atoms in total. The van der Waals surface area contributed by atoms with Crippen LogP contribution >= 0.6 is 23.6 Å². The van der Waals surface area contributed by atoms with E-state index in [2.05, 4.69) is 55.6 Å². The minimum atomic E-state index is 0.00679. The third kappa shape index (κ3) is 4.55. The first kappa shape index (κ1) is 22.5. The summed E-state index contributed by atoms with van der Waals surface area (Å²) in [5.41, 5.74) is 4.68. The normalized spacial score (nSPS) is 21.5. The number of nitrogens with zero attached hydrogens (tertiary/aromatic N) is 5. The zero-order valence-electron chi connectivity index (χ0n) is 19.1. The van der Waals surface area contributed by atoms with Crippen molar-refractivity contribution < 1.29 is 4.74 Å². The molecule has 0 aliphatic carbocycles. The summed E-state index contributed by atoms with van der Waals surface area (Å²) in [6, 6.07) is 8.47. The lowest BCUT2D eigenvalue weighted by Gasteiger charge is -2.30. The Morgan fingerprint density at radius 3 is 2.73 bits per heavy atom. The molecule has 2 aliphatic heterocycles. The molecule has 3 aromatic heterocycles. The van der Waals surface area contributed by atoms with Gasteiger partial charge in [0.2, 0.25) is 0 Å². The van der Waals surface area contributed by atoms with Gasteiger partial charge in [-0.1, -0.05) is 6.07 Å². The number of hydrogen-bond donors (Lipinski definition) is 1. The van der Waals surface area contributed by atoms with E-state index >= 15 is 0 Å². The van der Waals surface area contributed by atoms with Crippen LogP contribution in [0.5, 0.6) is 0 Å². The van der Waals surface area contributed by atoms with Crippen LogP contribution in [-0.4, -0.2) is 68.8 Å². The SMILES string of the molecule is Cc1cc([C@H]2[C@@H](c3ccccn3)NC(=S)N2CCCN2CCOCC2)c(C)n1-c1nccs1. The van der Waals surface area contributed by atoms with Gasteiger partial charge in [-0.05, 0) is 56.2 Å². The quantitative estimate of drug-likeness (QED) is 0.516. The molecule has 0 aromatic carbocycles. The molecule has 2 atom stereocenters. The van der Waals surface area contributed by atoms with Gasteiger partial charge in [0.15, 0.2) is 10.2 Å². The van der Waals surface area contributed by atoms with Crippen molar-refractivity contribution in [3.63, 3.8) is 0 Å². The molecule has 33 heavy (non-hydrogen) atoms. The lowest BCUT2D eigenvalue weighted by molar-refractivity contribution is 0.0365. The number of ether oxygens (including phenoxy) is 1. The summed E-state index contributed by atoms with van der Waals surface area (Å²) in [6.07, 6.45) is 4.77. The number of aryl methyl sites for hydroxylation is 1. The third-order valence-electron chi connectivity index (χ3n) is 6.57. The molecular formula is C24H30N6OS2. The second kappa shape index (κ2) is 9.89. The fraction of sp³-hybridized carbons (Fsp3) is 0.458. The van der Waals surface area contributed by atoms with Crippen LogP contribution in [0, 0.1) is 13.8 Å². The number of pyridine rings is 1. The average molecular weight is 483 g/mol. The van der Waals surface area contributed by atoms with Gasteiger partial charge in [-0.25, -0.2) is 4.98 Å². The second-order valence-corrected chi connectivity index (χ2v) is 9.86. The van der Waals surface area contributed by atoms with Gasteiger partial charge in [0.1, 0.15) is 0 Å². The van der Waals surface area contributed by atoms with Crippen molar-refractivity contribution in [1.82, 2.24) is 29.7 Å². The number of morpholine rings is 1. The molecule has 0 radical (unpaired) electrons. The Kier molecular flexibility index (Phi) is 6.73. The van der Waals surface area contributed by atoms with E-state index in [-0.39, 0.29) is 12.1 Å². The van der Waals surface area contributed by atoms with Crippen molar-refractivity contribution in [3.8, 4) is 5.13 Å². The van der Waals surface area contributed by atoms with E-state index in [1.54, 1.807) is 11.3 Å². The average Bonchev–Trinajstić information content (AvgIpc) is 3.54.